The monoisotopic (exact) mass is 567 g/mol. The van der Waals surface area contributed by atoms with Crippen LogP contribution in [-0.2, 0) is 9.47 Å². The van der Waals surface area contributed by atoms with Gasteiger partial charge in [-0.3, -0.25) is 4.48 Å². The second-order valence-electron chi connectivity index (χ2n) is 11.7. The van der Waals surface area contributed by atoms with Gasteiger partial charge in [0.15, 0.2) is 6.23 Å². The maximum Gasteiger partial charge on any atom is 0.411 e. The Morgan fingerprint density at radius 1 is 0.949 bits per heavy atom. The van der Waals surface area contributed by atoms with Crippen LogP contribution in [0.2, 0.25) is 0 Å². The largest absolute Gasteiger partial charge is 0.411 e. The van der Waals surface area contributed by atoms with Gasteiger partial charge in [0.25, 0.3) is 0 Å². The number of rotatable bonds is 23. The molecule has 2 rings (SSSR count). The maximum atomic E-state index is 12.3. The summed E-state index contributed by atoms with van der Waals surface area (Å²) in [6.07, 6.45) is 24.8. The highest BCUT2D eigenvalue weighted by atomic mass is 32.2. The van der Waals surface area contributed by atoms with Gasteiger partial charge >= 0.3 is 6.09 Å². The topological polar surface area (TPSA) is 72.0 Å². The Hall–Kier alpha value is -1.09. The molecule has 1 amide bonds. The molecule has 2 N–H and O–H groups in total. The molecule has 2 aliphatic rings. The summed E-state index contributed by atoms with van der Waals surface area (Å²) in [4.78, 5) is 12.3. The number of likely N-dealkylation sites (N-methyl/N-ethyl adjacent to an activating group) is 1. The summed E-state index contributed by atoms with van der Waals surface area (Å²) in [5, 5.41) is 2.95. The lowest BCUT2D eigenvalue weighted by Gasteiger charge is -2.37. The lowest BCUT2D eigenvalue weighted by molar-refractivity contribution is -0.922. The molecule has 0 saturated heterocycles. The Morgan fingerprint density at radius 3 is 2.18 bits per heavy atom. The molecular formula is C31H59N4O3S+. The third kappa shape index (κ3) is 15.5. The molecule has 0 saturated carbocycles. The van der Waals surface area contributed by atoms with Crippen molar-refractivity contribution in [2.45, 2.75) is 136 Å². The van der Waals surface area contributed by atoms with Gasteiger partial charge in [0.2, 0.25) is 6.73 Å². The van der Waals surface area contributed by atoms with Gasteiger partial charge in [0.05, 0.1) is 25.7 Å². The smallest absolute Gasteiger partial charge is 0.399 e. The Morgan fingerprint density at radius 2 is 1.54 bits per heavy atom. The van der Waals surface area contributed by atoms with E-state index >= 15 is 0 Å². The van der Waals surface area contributed by atoms with E-state index in [2.05, 4.69) is 41.4 Å². The molecule has 0 aromatic heterocycles. The summed E-state index contributed by atoms with van der Waals surface area (Å²) in [5.74, 6) is 0. The van der Waals surface area contributed by atoms with Crippen molar-refractivity contribution in [2.24, 2.45) is 4.40 Å². The Bertz CT molecular complexity index is 718. The summed E-state index contributed by atoms with van der Waals surface area (Å²) >= 11 is 1.36. The van der Waals surface area contributed by atoms with Gasteiger partial charge < -0.3 is 14.8 Å². The first-order valence-corrected chi connectivity index (χ1v) is 16.9. The van der Waals surface area contributed by atoms with E-state index in [0.29, 0.717) is 17.8 Å². The summed E-state index contributed by atoms with van der Waals surface area (Å²) in [5.41, 5.74) is 2.20. The van der Waals surface area contributed by atoms with Crippen LogP contribution in [0.25, 0.3) is 0 Å². The molecule has 2 heterocycles. The van der Waals surface area contributed by atoms with Crippen LogP contribution in [0.3, 0.4) is 0 Å². The van der Waals surface area contributed by atoms with Crippen molar-refractivity contribution in [1.29, 1.82) is 0 Å². The fourth-order valence-electron chi connectivity index (χ4n) is 5.30. The molecule has 0 bridgehead atoms. The van der Waals surface area contributed by atoms with E-state index in [0.717, 1.165) is 44.7 Å². The van der Waals surface area contributed by atoms with Crippen molar-refractivity contribution >= 4 is 23.9 Å². The number of hydrogen-bond acceptors (Lipinski definition) is 6. The van der Waals surface area contributed by atoms with Gasteiger partial charge in [0.1, 0.15) is 12.3 Å². The van der Waals surface area contributed by atoms with E-state index in [-0.39, 0.29) is 12.3 Å². The summed E-state index contributed by atoms with van der Waals surface area (Å²) in [6, 6.07) is 0. The van der Waals surface area contributed by atoms with Crippen LogP contribution in [0, 0.1) is 0 Å². The number of nitrogens with one attached hydrogen (secondary N) is 2. The first kappa shape index (κ1) is 34.1. The molecule has 8 heteroatoms. The fourth-order valence-corrected chi connectivity index (χ4v) is 5.94. The van der Waals surface area contributed by atoms with E-state index in [1.54, 1.807) is 0 Å². The lowest BCUT2D eigenvalue weighted by atomic mass is 10.0. The summed E-state index contributed by atoms with van der Waals surface area (Å²) < 4.78 is 20.3. The van der Waals surface area contributed by atoms with Crippen LogP contribution in [-0.4, -0.2) is 62.5 Å². The molecule has 2 aliphatic heterocycles. The highest BCUT2D eigenvalue weighted by Crippen LogP contribution is 2.24. The fraction of sp³-hybridized carbons (Fsp3) is 0.871. The minimum Gasteiger partial charge on any atom is -0.399 e. The number of quaternary nitrogens is 1. The van der Waals surface area contributed by atoms with Crippen molar-refractivity contribution in [1.82, 2.24) is 10.0 Å². The van der Waals surface area contributed by atoms with Gasteiger partial charge in [0, 0.05) is 25.1 Å². The van der Waals surface area contributed by atoms with Crippen LogP contribution in [0.1, 0.15) is 129 Å². The Kier molecular flexibility index (Phi) is 18.9. The van der Waals surface area contributed by atoms with E-state index in [4.69, 9.17) is 9.47 Å². The minimum atomic E-state index is -0.298. The highest BCUT2D eigenvalue weighted by molar-refractivity contribution is 7.96. The molecule has 2 atom stereocenters. The molecule has 0 aromatic rings. The molecule has 0 aliphatic carbocycles. The van der Waals surface area contributed by atoms with Crippen LogP contribution >= 0.6 is 12.1 Å². The van der Waals surface area contributed by atoms with Gasteiger partial charge in [-0.2, -0.15) is 4.40 Å². The molecule has 2 unspecified atom stereocenters. The number of alkyl carbamates (subject to hydrolysis) is 1. The highest BCUT2D eigenvalue weighted by Gasteiger charge is 2.34. The van der Waals surface area contributed by atoms with E-state index in [1.165, 1.54) is 114 Å². The standard InChI is InChI=1S/C31H58N4O3S/c1-4-6-8-10-11-12-13-14-15-16-17-18-19-23-32-31(36)38-27-35(3)24-21-22-28(26-35)29-30(34-39-33-29)37-25-20-9-7-5-2/h22,30,34H,4-21,23-27H2,1-3H3/p+1. The Balaban J connectivity index is 1.51. The molecule has 0 fully saturated rings. The lowest BCUT2D eigenvalue weighted by Crippen LogP contribution is -2.52. The molecule has 0 radical (unpaired) electrons. The molecule has 7 nitrogen and oxygen atoms in total. The first-order chi connectivity index (χ1) is 19.1. The molecule has 226 valence electrons. The number of hydrogen-bond donors (Lipinski definition) is 2. The number of carbonyl (C=O) groups excluding carboxylic acids is 1. The van der Waals surface area contributed by atoms with Crippen molar-refractivity contribution < 1.29 is 18.8 Å². The molecule has 0 aromatic carbocycles. The van der Waals surface area contributed by atoms with Gasteiger partial charge in [-0.25, -0.2) is 9.52 Å². The van der Waals surface area contributed by atoms with E-state index in [1.807, 2.05) is 0 Å². The Labute approximate surface area is 244 Å². The minimum absolute atomic E-state index is 0.154. The number of ether oxygens (including phenoxy) is 2. The SMILES string of the molecule is CCCCCCCCCCCCCCCNC(=O)OC[N+]1(C)CCC=C(C2=NSNC2OCCCCCC)C1. The normalized spacial score (nSPS) is 21.1. The first-order valence-electron chi connectivity index (χ1n) is 16.1. The molecule has 39 heavy (non-hydrogen) atoms. The number of amides is 1. The van der Waals surface area contributed by atoms with E-state index < -0.39 is 0 Å². The quantitative estimate of drug-likeness (QED) is 0.0742. The van der Waals surface area contributed by atoms with Crippen LogP contribution in [0.5, 0.6) is 0 Å². The zero-order valence-corrected chi connectivity index (χ0v) is 26.3. The predicted octanol–water partition coefficient (Wildman–Crippen LogP) is 8.07. The molecule has 0 spiro atoms. The van der Waals surface area contributed by atoms with Crippen LogP contribution in [0.15, 0.2) is 16.0 Å². The van der Waals surface area contributed by atoms with Crippen LogP contribution in [0.4, 0.5) is 4.79 Å². The average molecular weight is 568 g/mol. The van der Waals surface area contributed by atoms with E-state index in [9.17, 15) is 4.79 Å². The van der Waals surface area contributed by atoms with Crippen LogP contribution < -0.4 is 10.0 Å². The zero-order valence-electron chi connectivity index (χ0n) is 25.4. The second kappa shape index (κ2) is 21.6. The number of carbonyl (C=O) groups is 1. The molecular weight excluding hydrogens is 508 g/mol. The zero-order chi connectivity index (χ0) is 28.0. The number of unbranched alkanes of at least 4 members (excludes halogenated alkanes) is 15. The van der Waals surface area contributed by atoms with Gasteiger partial charge in [-0.15, -0.1) is 0 Å². The van der Waals surface area contributed by atoms with Crippen molar-refractivity contribution in [2.75, 3.05) is 40.0 Å². The third-order valence-electron chi connectivity index (χ3n) is 7.83. The number of nitrogens with zero attached hydrogens (tertiary/aromatic N) is 2. The van der Waals surface area contributed by atoms with Crippen molar-refractivity contribution in [3.8, 4) is 0 Å². The van der Waals surface area contributed by atoms with Crippen molar-refractivity contribution in [3.63, 3.8) is 0 Å². The van der Waals surface area contributed by atoms with Gasteiger partial charge in [-0.1, -0.05) is 116 Å². The summed E-state index contributed by atoms with van der Waals surface area (Å²) in [7, 11) is 2.16. The maximum absolute atomic E-state index is 12.3. The van der Waals surface area contributed by atoms with Crippen molar-refractivity contribution in [3.05, 3.63) is 11.6 Å². The summed E-state index contributed by atoms with van der Waals surface area (Å²) in [6.45, 7) is 8.06. The second-order valence-corrected chi connectivity index (χ2v) is 12.3. The van der Waals surface area contributed by atoms with Gasteiger partial charge in [-0.05, 0) is 12.8 Å². The third-order valence-corrected chi connectivity index (χ3v) is 8.44. The average Bonchev–Trinajstić information content (AvgIpc) is 3.41. The predicted molar refractivity (Wildman–Crippen MR) is 166 cm³/mol.